The van der Waals surface area contributed by atoms with Gasteiger partial charge in [-0.25, -0.2) is 9.18 Å². The molecule has 2 nitrogen and oxygen atoms in total. The highest BCUT2D eigenvalue weighted by molar-refractivity contribution is 6.33. The molecule has 4 heteroatoms. The van der Waals surface area contributed by atoms with Crippen LogP contribution in [0.3, 0.4) is 0 Å². The highest BCUT2D eigenvalue weighted by atomic mass is 35.5. The van der Waals surface area contributed by atoms with Crippen LogP contribution in [0.2, 0.25) is 5.02 Å². The third-order valence-electron chi connectivity index (χ3n) is 2.69. The van der Waals surface area contributed by atoms with Crippen LogP contribution in [0.1, 0.15) is 15.9 Å². The molecule has 0 atom stereocenters. The summed E-state index contributed by atoms with van der Waals surface area (Å²) in [5.41, 5.74) is 2.48. The maximum absolute atomic E-state index is 13.0. The molecule has 0 saturated carbocycles. The minimum absolute atomic E-state index is 0.217. The van der Waals surface area contributed by atoms with Gasteiger partial charge >= 0.3 is 5.97 Å². The molecule has 2 aromatic rings. The van der Waals surface area contributed by atoms with Crippen LogP contribution < -0.4 is 0 Å². The molecule has 2 rings (SSSR count). The molecular formula is C14H10ClFO2. The van der Waals surface area contributed by atoms with Crippen LogP contribution in [0.15, 0.2) is 36.4 Å². The number of halogens is 2. The average Bonchev–Trinajstić information content (AvgIpc) is 2.30. The van der Waals surface area contributed by atoms with E-state index in [1.54, 1.807) is 25.1 Å². The van der Waals surface area contributed by atoms with Gasteiger partial charge in [0.15, 0.2) is 0 Å². The molecule has 0 heterocycles. The van der Waals surface area contributed by atoms with Crippen LogP contribution in [0, 0.1) is 12.7 Å². The van der Waals surface area contributed by atoms with Crippen molar-refractivity contribution in [2.45, 2.75) is 6.92 Å². The number of carbonyl (C=O) groups is 1. The molecule has 0 spiro atoms. The first-order chi connectivity index (χ1) is 8.49. The van der Waals surface area contributed by atoms with Gasteiger partial charge in [0, 0.05) is 5.56 Å². The van der Waals surface area contributed by atoms with E-state index >= 15 is 0 Å². The van der Waals surface area contributed by atoms with Crippen molar-refractivity contribution in [2.75, 3.05) is 0 Å². The summed E-state index contributed by atoms with van der Waals surface area (Å²) in [6.07, 6.45) is 0. The van der Waals surface area contributed by atoms with Crippen molar-refractivity contribution in [1.29, 1.82) is 0 Å². The van der Waals surface area contributed by atoms with Gasteiger partial charge in [-0.3, -0.25) is 0 Å². The summed E-state index contributed by atoms with van der Waals surface area (Å²) in [6, 6.07) is 8.90. The summed E-state index contributed by atoms with van der Waals surface area (Å²) >= 11 is 5.98. The van der Waals surface area contributed by atoms with Crippen LogP contribution in [0.5, 0.6) is 0 Å². The molecule has 0 aliphatic rings. The number of carboxylic acids is 1. The Kier molecular flexibility index (Phi) is 3.34. The lowest BCUT2D eigenvalue weighted by Crippen LogP contribution is -1.97. The monoisotopic (exact) mass is 264 g/mol. The Balaban J connectivity index is 2.54. The zero-order valence-electron chi connectivity index (χ0n) is 9.58. The molecule has 1 N–H and O–H groups in total. The zero-order valence-corrected chi connectivity index (χ0v) is 10.3. The normalized spacial score (nSPS) is 10.4. The van der Waals surface area contributed by atoms with E-state index in [0.29, 0.717) is 10.6 Å². The second kappa shape index (κ2) is 4.78. The van der Waals surface area contributed by atoms with Gasteiger partial charge in [-0.2, -0.15) is 0 Å². The van der Waals surface area contributed by atoms with E-state index in [9.17, 15) is 9.18 Å². The van der Waals surface area contributed by atoms with Gasteiger partial charge in [0.2, 0.25) is 0 Å². The molecule has 0 saturated heterocycles. The number of benzene rings is 2. The third kappa shape index (κ3) is 2.36. The van der Waals surface area contributed by atoms with Gasteiger partial charge in [-0.05, 0) is 48.4 Å². The van der Waals surface area contributed by atoms with Crippen LogP contribution in [-0.4, -0.2) is 11.1 Å². The predicted molar refractivity (Wildman–Crippen MR) is 68.5 cm³/mol. The van der Waals surface area contributed by atoms with Crippen molar-refractivity contribution in [1.82, 2.24) is 0 Å². The minimum Gasteiger partial charge on any atom is -0.478 e. The lowest BCUT2D eigenvalue weighted by Gasteiger charge is -2.09. The van der Waals surface area contributed by atoms with Gasteiger partial charge in [-0.1, -0.05) is 17.7 Å². The fourth-order valence-electron chi connectivity index (χ4n) is 1.81. The quantitative estimate of drug-likeness (QED) is 0.885. The van der Waals surface area contributed by atoms with E-state index in [1.807, 2.05) is 0 Å². The smallest absolute Gasteiger partial charge is 0.335 e. The number of rotatable bonds is 2. The number of carboxylic acid groups (broad SMARTS) is 1. The Morgan fingerprint density at radius 2 is 1.83 bits per heavy atom. The maximum atomic E-state index is 13.0. The van der Waals surface area contributed by atoms with Gasteiger partial charge < -0.3 is 5.11 Å². The first-order valence-electron chi connectivity index (χ1n) is 5.28. The molecular weight excluding hydrogens is 255 g/mol. The van der Waals surface area contributed by atoms with E-state index in [4.69, 9.17) is 16.7 Å². The van der Waals surface area contributed by atoms with Gasteiger partial charge in [0.05, 0.1) is 10.6 Å². The summed E-state index contributed by atoms with van der Waals surface area (Å²) in [6.45, 7) is 1.79. The second-order valence-electron chi connectivity index (χ2n) is 3.96. The molecule has 0 aromatic heterocycles. The Morgan fingerprint density at radius 3 is 2.39 bits per heavy atom. The van der Waals surface area contributed by atoms with E-state index in [-0.39, 0.29) is 5.56 Å². The SMILES string of the molecule is Cc1cc(C(=O)O)ccc1-c1ccc(F)cc1Cl. The summed E-state index contributed by atoms with van der Waals surface area (Å²) < 4.78 is 13.0. The molecule has 0 amide bonds. The molecule has 0 fully saturated rings. The van der Waals surface area contributed by atoms with Gasteiger partial charge in [-0.15, -0.1) is 0 Å². The number of hydrogen-bond acceptors (Lipinski definition) is 1. The fourth-order valence-corrected chi connectivity index (χ4v) is 2.08. The Hall–Kier alpha value is -1.87. The van der Waals surface area contributed by atoms with E-state index in [0.717, 1.165) is 11.1 Å². The second-order valence-corrected chi connectivity index (χ2v) is 4.37. The number of aromatic carboxylic acids is 1. The standard InChI is InChI=1S/C14H10ClFO2/c1-8-6-9(14(17)18)2-4-11(8)12-5-3-10(16)7-13(12)15/h2-7H,1H3,(H,17,18). The van der Waals surface area contributed by atoms with E-state index < -0.39 is 11.8 Å². The highest BCUT2D eigenvalue weighted by Crippen LogP contribution is 2.31. The lowest BCUT2D eigenvalue weighted by molar-refractivity contribution is 0.0697. The van der Waals surface area contributed by atoms with E-state index in [2.05, 4.69) is 0 Å². The van der Waals surface area contributed by atoms with Gasteiger partial charge in [0.1, 0.15) is 5.82 Å². The van der Waals surface area contributed by atoms with Crippen molar-refractivity contribution in [3.05, 3.63) is 58.4 Å². The molecule has 0 radical (unpaired) electrons. The lowest BCUT2D eigenvalue weighted by atomic mass is 9.98. The van der Waals surface area contributed by atoms with Crippen LogP contribution in [-0.2, 0) is 0 Å². The molecule has 18 heavy (non-hydrogen) atoms. The van der Waals surface area contributed by atoms with Crippen molar-refractivity contribution >= 4 is 17.6 Å². The Bertz CT molecular complexity index is 623. The first kappa shape index (κ1) is 12.6. The Morgan fingerprint density at radius 1 is 1.17 bits per heavy atom. The summed E-state index contributed by atoms with van der Waals surface area (Å²) in [5, 5.41) is 9.19. The Labute approximate surface area is 109 Å². The van der Waals surface area contributed by atoms with Crippen molar-refractivity contribution in [3.8, 4) is 11.1 Å². The molecule has 0 bridgehead atoms. The summed E-state index contributed by atoms with van der Waals surface area (Å²) in [5.74, 6) is -1.38. The van der Waals surface area contributed by atoms with Crippen molar-refractivity contribution in [2.24, 2.45) is 0 Å². The van der Waals surface area contributed by atoms with Crippen molar-refractivity contribution in [3.63, 3.8) is 0 Å². The highest BCUT2D eigenvalue weighted by Gasteiger charge is 2.10. The van der Waals surface area contributed by atoms with Crippen LogP contribution >= 0.6 is 11.6 Å². The number of hydrogen-bond donors (Lipinski definition) is 1. The molecule has 0 unspecified atom stereocenters. The summed E-state index contributed by atoms with van der Waals surface area (Å²) in [7, 11) is 0. The molecule has 0 aliphatic heterocycles. The molecule has 2 aromatic carbocycles. The number of aryl methyl sites for hydroxylation is 1. The zero-order chi connectivity index (χ0) is 13.3. The topological polar surface area (TPSA) is 37.3 Å². The average molecular weight is 265 g/mol. The van der Waals surface area contributed by atoms with Gasteiger partial charge in [0.25, 0.3) is 0 Å². The molecule has 0 aliphatic carbocycles. The third-order valence-corrected chi connectivity index (χ3v) is 3.01. The van der Waals surface area contributed by atoms with Crippen LogP contribution in [0.4, 0.5) is 4.39 Å². The predicted octanol–water partition coefficient (Wildman–Crippen LogP) is 4.15. The van der Waals surface area contributed by atoms with Crippen molar-refractivity contribution < 1.29 is 14.3 Å². The van der Waals surface area contributed by atoms with Crippen LogP contribution in [0.25, 0.3) is 11.1 Å². The van der Waals surface area contributed by atoms with E-state index in [1.165, 1.54) is 18.2 Å². The minimum atomic E-state index is -0.977. The fraction of sp³-hybridized carbons (Fsp3) is 0.0714. The maximum Gasteiger partial charge on any atom is 0.335 e. The molecule has 92 valence electrons. The summed E-state index contributed by atoms with van der Waals surface area (Å²) in [4.78, 5) is 10.8. The largest absolute Gasteiger partial charge is 0.478 e. The first-order valence-corrected chi connectivity index (χ1v) is 5.66.